The highest BCUT2D eigenvalue weighted by Gasteiger charge is 2.12. The van der Waals surface area contributed by atoms with E-state index in [-0.39, 0.29) is 5.91 Å². The lowest BCUT2D eigenvalue weighted by Gasteiger charge is -2.26. The first-order chi connectivity index (χ1) is 17.1. The van der Waals surface area contributed by atoms with E-state index in [4.69, 9.17) is 16.3 Å². The Morgan fingerprint density at radius 1 is 1.09 bits per heavy atom. The van der Waals surface area contributed by atoms with Gasteiger partial charge in [0.05, 0.1) is 13.2 Å². The predicted molar refractivity (Wildman–Crippen MR) is 141 cm³/mol. The molecular formula is C26H30ClN5O2S. The minimum absolute atomic E-state index is 0.0540. The summed E-state index contributed by atoms with van der Waals surface area (Å²) in [5, 5.41) is 4.04. The molecule has 0 radical (unpaired) electrons. The zero-order valence-corrected chi connectivity index (χ0v) is 21.4. The van der Waals surface area contributed by atoms with Crippen LogP contribution in [0.3, 0.4) is 0 Å². The molecule has 2 aromatic carbocycles. The van der Waals surface area contributed by atoms with E-state index in [9.17, 15) is 4.79 Å². The van der Waals surface area contributed by atoms with Gasteiger partial charge in [0.25, 0.3) is 5.91 Å². The van der Waals surface area contributed by atoms with Crippen LogP contribution in [-0.2, 0) is 17.0 Å². The second-order valence-electron chi connectivity index (χ2n) is 8.37. The average Bonchev–Trinajstić information content (AvgIpc) is 2.88. The summed E-state index contributed by atoms with van der Waals surface area (Å²) in [6.45, 7) is 5.56. The number of anilines is 1. The summed E-state index contributed by atoms with van der Waals surface area (Å²) in [6, 6.07) is 19.7. The molecule has 9 heteroatoms. The molecule has 3 aromatic rings. The van der Waals surface area contributed by atoms with E-state index in [0.717, 1.165) is 50.8 Å². The van der Waals surface area contributed by atoms with Crippen molar-refractivity contribution in [3.8, 4) is 0 Å². The topological polar surface area (TPSA) is 70.6 Å². The first-order valence-electron chi connectivity index (χ1n) is 11.7. The fourth-order valence-electron chi connectivity index (χ4n) is 3.74. The fourth-order valence-corrected chi connectivity index (χ4v) is 4.78. The number of halogens is 1. The summed E-state index contributed by atoms with van der Waals surface area (Å²) in [6.07, 6.45) is 0. The van der Waals surface area contributed by atoms with Crippen LogP contribution in [0.1, 0.15) is 21.5 Å². The Morgan fingerprint density at radius 2 is 1.83 bits per heavy atom. The number of amides is 1. The van der Waals surface area contributed by atoms with Gasteiger partial charge in [0, 0.05) is 57.2 Å². The Hall–Kier alpha value is -2.65. The van der Waals surface area contributed by atoms with Crippen molar-refractivity contribution in [1.82, 2.24) is 20.2 Å². The fraction of sp³-hybridized carbons (Fsp3) is 0.346. The zero-order valence-electron chi connectivity index (χ0n) is 19.8. The van der Waals surface area contributed by atoms with Crippen LogP contribution in [0.4, 0.5) is 5.82 Å². The number of nitrogens with zero attached hydrogens (tertiary/aromatic N) is 4. The molecule has 0 bridgehead atoms. The van der Waals surface area contributed by atoms with Crippen molar-refractivity contribution in [1.29, 1.82) is 0 Å². The van der Waals surface area contributed by atoms with E-state index < -0.39 is 0 Å². The lowest BCUT2D eigenvalue weighted by molar-refractivity contribution is 0.0383. The zero-order chi connectivity index (χ0) is 24.5. The van der Waals surface area contributed by atoms with Gasteiger partial charge in [0.2, 0.25) is 0 Å². The third-order valence-electron chi connectivity index (χ3n) is 5.72. The summed E-state index contributed by atoms with van der Waals surface area (Å²) in [5.41, 5.74) is 2.94. The van der Waals surface area contributed by atoms with E-state index in [0.29, 0.717) is 28.2 Å². The van der Waals surface area contributed by atoms with Crippen LogP contribution in [0.15, 0.2) is 65.8 Å². The Kier molecular flexibility index (Phi) is 9.36. The number of hydrogen-bond acceptors (Lipinski definition) is 7. The first-order valence-corrected chi connectivity index (χ1v) is 13.0. The summed E-state index contributed by atoms with van der Waals surface area (Å²) >= 11 is 7.80. The number of aromatic nitrogens is 2. The largest absolute Gasteiger partial charge is 0.379 e. The molecule has 0 atom stereocenters. The van der Waals surface area contributed by atoms with Crippen molar-refractivity contribution < 1.29 is 9.53 Å². The molecule has 0 saturated carbocycles. The molecule has 184 valence electrons. The molecule has 1 fully saturated rings. The molecule has 1 N–H and O–H groups in total. The van der Waals surface area contributed by atoms with Crippen molar-refractivity contribution >= 4 is 35.1 Å². The molecule has 35 heavy (non-hydrogen) atoms. The van der Waals surface area contributed by atoms with Gasteiger partial charge in [-0.2, -0.15) is 0 Å². The quantitative estimate of drug-likeness (QED) is 0.249. The first kappa shape index (κ1) is 25.4. The monoisotopic (exact) mass is 511 g/mol. The van der Waals surface area contributed by atoms with E-state index in [1.54, 1.807) is 6.07 Å². The van der Waals surface area contributed by atoms with E-state index in [1.807, 2.05) is 49.5 Å². The molecular weight excluding hydrogens is 482 g/mol. The Morgan fingerprint density at radius 3 is 2.57 bits per heavy atom. The molecule has 1 saturated heterocycles. The minimum atomic E-state index is -0.0540. The number of carbonyl (C=O) groups excluding carboxylic acids is 1. The molecule has 2 heterocycles. The van der Waals surface area contributed by atoms with E-state index in [2.05, 4.69) is 37.2 Å². The van der Waals surface area contributed by atoms with Gasteiger partial charge >= 0.3 is 0 Å². The SMILES string of the molecule is CN(Cc1ccccc1)c1cc(Cl)nc(SCc2ccc(C(=O)NCCN3CCOCC3)cc2)n1. The van der Waals surface area contributed by atoms with Crippen molar-refractivity contribution in [2.45, 2.75) is 17.5 Å². The van der Waals surface area contributed by atoms with Gasteiger partial charge in [0.15, 0.2) is 5.16 Å². The van der Waals surface area contributed by atoms with Crippen molar-refractivity contribution in [3.63, 3.8) is 0 Å². The molecule has 7 nitrogen and oxygen atoms in total. The third kappa shape index (κ3) is 7.93. The standard InChI is InChI=1S/C26H30ClN5O2S/c1-31(18-20-5-3-2-4-6-20)24-17-23(27)29-26(30-24)35-19-21-7-9-22(10-8-21)25(33)28-11-12-32-13-15-34-16-14-32/h2-10,17H,11-16,18-19H2,1H3,(H,28,33). The number of nitrogens with one attached hydrogen (secondary N) is 1. The predicted octanol–water partition coefficient (Wildman–Crippen LogP) is 4.12. The molecule has 0 unspecified atom stereocenters. The molecule has 1 aliphatic heterocycles. The van der Waals surface area contributed by atoms with Crippen LogP contribution in [0, 0.1) is 0 Å². The van der Waals surface area contributed by atoms with Gasteiger partial charge in [0.1, 0.15) is 11.0 Å². The third-order valence-corrected chi connectivity index (χ3v) is 6.83. The van der Waals surface area contributed by atoms with Crippen LogP contribution in [0.2, 0.25) is 5.15 Å². The van der Waals surface area contributed by atoms with Crippen molar-refractivity contribution in [3.05, 3.63) is 82.5 Å². The Labute approximate surface area is 215 Å². The van der Waals surface area contributed by atoms with Gasteiger partial charge in [-0.3, -0.25) is 9.69 Å². The average molecular weight is 512 g/mol. The highest BCUT2D eigenvalue weighted by molar-refractivity contribution is 7.98. The smallest absolute Gasteiger partial charge is 0.251 e. The molecule has 0 spiro atoms. The number of ether oxygens (including phenoxy) is 1. The van der Waals surface area contributed by atoms with Gasteiger partial charge in [-0.25, -0.2) is 9.97 Å². The highest BCUT2D eigenvalue weighted by Crippen LogP contribution is 2.25. The summed E-state index contributed by atoms with van der Waals surface area (Å²) in [4.78, 5) is 25.9. The lowest BCUT2D eigenvalue weighted by atomic mass is 10.1. The second-order valence-corrected chi connectivity index (χ2v) is 9.70. The normalized spacial score (nSPS) is 14.0. The minimum Gasteiger partial charge on any atom is -0.379 e. The maximum Gasteiger partial charge on any atom is 0.251 e. The Balaban J connectivity index is 1.27. The molecule has 4 rings (SSSR count). The number of morpholine rings is 1. The van der Waals surface area contributed by atoms with Gasteiger partial charge in [-0.05, 0) is 23.3 Å². The van der Waals surface area contributed by atoms with Gasteiger partial charge < -0.3 is 15.0 Å². The number of carbonyl (C=O) groups is 1. The lowest BCUT2D eigenvalue weighted by Crippen LogP contribution is -2.41. The molecule has 1 amide bonds. The van der Waals surface area contributed by atoms with Crippen LogP contribution >= 0.6 is 23.4 Å². The van der Waals surface area contributed by atoms with Crippen LogP contribution in [0.5, 0.6) is 0 Å². The van der Waals surface area contributed by atoms with Gasteiger partial charge in [-0.1, -0.05) is 65.8 Å². The Bertz CT molecular complexity index is 1090. The molecule has 1 aromatic heterocycles. The van der Waals surface area contributed by atoms with Crippen LogP contribution < -0.4 is 10.2 Å². The van der Waals surface area contributed by atoms with Gasteiger partial charge in [-0.15, -0.1) is 0 Å². The number of benzene rings is 2. The second kappa shape index (κ2) is 12.9. The maximum absolute atomic E-state index is 12.4. The highest BCUT2D eigenvalue weighted by atomic mass is 35.5. The summed E-state index contributed by atoms with van der Waals surface area (Å²) in [5.74, 6) is 1.41. The number of hydrogen-bond donors (Lipinski definition) is 1. The van der Waals surface area contributed by atoms with Crippen LogP contribution in [0.25, 0.3) is 0 Å². The summed E-state index contributed by atoms with van der Waals surface area (Å²) in [7, 11) is 1.99. The molecule has 1 aliphatic rings. The van der Waals surface area contributed by atoms with Crippen molar-refractivity contribution in [2.75, 3.05) is 51.3 Å². The van der Waals surface area contributed by atoms with Crippen LogP contribution in [-0.4, -0.2) is 67.2 Å². The number of rotatable bonds is 10. The maximum atomic E-state index is 12.4. The van der Waals surface area contributed by atoms with Crippen molar-refractivity contribution in [2.24, 2.45) is 0 Å². The summed E-state index contributed by atoms with van der Waals surface area (Å²) < 4.78 is 5.35. The van der Waals surface area contributed by atoms with E-state index in [1.165, 1.54) is 17.3 Å². The number of thioether (sulfide) groups is 1. The molecule has 0 aliphatic carbocycles. The van der Waals surface area contributed by atoms with E-state index >= 15 is 0 Å².